The molecule has 2 aliphatic heterocycles. The van der Waals surface area contributed by atoms with Crippen molar-refractivity contribution >= 4 is 29.1 Å². The molecule has 9 nitrogen and oxygen atoms in total. The molecule has 4 heterocycles. The van der Waals surface area contributed by atoms with Crippen LogP contribution in [-0.2, 0) is 4.74 Å². The summed E-state index contributed by atoms with van der Waals surface area (Å²) in [5.74, 6) is 1.71. The maximum atomic E-state index is 6.26. The number of fused-ring (bicyclic) bond motifs is 3. The van der Waals surface area contributed by atoms with E-state index in [1.54, 1.807) is 6.20 Å². The first-order valence-corrected chi connectivity index (χ1v) is 11.1. The first-order valence-electron chi connectivity index (χ1n) is 10.7. The van der Waals surface area contributed by atoms with Gasteiger partial charge < -0.3 is 20.1 Å². The van der Waals surface area contributed by atoms with Gasteiger partial charge in [0.25, 0.3) is 5.88 Å². The van der Waals surface area contributed by atoms with Crippen molar-refractivity contribution in [3.8, 4) is 5.88 Å². The average molecular weight is 434 g/mol. The number of hydrogen-bond donors (Lipinski definition) is 2. The lowest BCUT2D eigenvalue weighted by molar-refractivity contribution is -0.0166. The van der Waals surface area contributed by atoms with Crippen LogP contribution in [0.1, 0.15) is 37.9 Å². The zero-order chi connectivity index (χ0) is 20.7. The molecule has 2 aromatic heterocycles. The fourth-order valence-electron chi connectivity index (χ4n) is 4.37. The van der Waals surface area contributed by atoms with Crippen LogP contribution >= 0.6 is 11.6 Å². The summed E-state index contributed by atoms with van der Waals surface area (Å²) in [4.78, 5) is 11.4. The summed E-state index contributed by atoms with van der Waals surface area (Å²) >= 11 is 6.26. The topological polar surface area (TPSA) is 89.4 Å². The van der Waals surface area contributed by atoms with Gasteiger partial charge in [0.05, 0.1) is 37.8 Å². The van der Waals surface area contributed by atoms with Crippen LogP contribution < -0.4 is 15.4 Å². The molecule has 5 rings (SSSR count). The van der Waals surface area contributed by atoms with Crippen LogP contribution in [0, 0.1) is 6.92 Å². The van der Waals surface area contributed by atoms with Crippen LogP contribution in [0.15, 0.2) is 6.20 Å². The van der Waals surface area contributed by atoms with Gasteiger partial charge in [-0.3, -0.25) is 9.58 Å². The van der Waals surface area contributed by atoms with Gasteiger partial charge in [-0.05, 0) is 26.7 Å². The van der Waals surface area contributed by atoms with Gasteiger partial charge >= 0.3 is 0 Å². The van der Waals surface area contributed by atoms with E-state index < -0.39 is 0 Å². The number of rotatable bonds is 2. The Bertz CT molecular complexity index is 909. The van der Waals surface area contributed by atoms with E-state index in [-0.39, 0.29) is 6.04 Å². The van der Waals surface area contributed by atoms with Gasteiger partial charge in [-0.25, -0.2) is 4.98 Å². The van der Waals surface area contributed by atoms with Crippen LogP contribution in [0.25, 0.3) is 0 Å². The normalized spacial score (nSPS) is 27.0. The number of nitrogens with one attached hydrogen (secondary N) is 2. The fourth-order valence-corrected chi connectivity index (χ4v) is 4.52. The van der Waals surface area contributed by atoms with Crippen molar-refractivity contribution in [3.63, 3.8) is 0 Å². The smallest absolute Gasteiger partial charge is 0.257 e. The molecular formula is C20H28ClN7O2. The van der Waals surface area contributed by atoms with Crippen LogP contribution in [-0.4, -0.2) is 69.6 Å². The maximum absolute atomic E-state index is 6.26. The predicted molar refractivity (Wildman–Crippen MR) is 115 cm³/mol. The van der Waals surface area contributed by atoms with E-state index >= 15 is 0 Å². The molecule has 1 saturated carbocycles. The minimum atomic E-state index is 0.163. The lowest BCUT2D eigenvalue weighted by Crippen LogP contribution is -2.50. The second-order valence-electron chi connectivity index (χ2n) is 8.34. The highest BCUT2D eigenvalue weighted by Gasteiger charge is 2.37. The van der Waals surface area contributed by atoms with Gasteiger partial charge in [-0.15, -0.1) is 5.10 Å². The van der Waals surface area contributed by atoms with Crippen LogP contribution in [0.5, 0.6) is 5.88 Å². The van der Waals surface area contributed by atoms with Crippen molar-refractivity contribution in [2.45, 2.75) is 51.2 Å². The first kappa shape index (κ1) is 19.8. The van der Waals surface area contributed by atoms with Gasteiger partial charge in [-0.2, -0.15) is 4.98 Å². The molecule has 0 unspecified atom stereocenters. The number of ether oxygens (including phenoxy) is 2. The number of halogens is 1. The Morgan fingerprint density at radius 1 is 1.17 bits per heavy atom. The molecule has 2 bridgehead atoms. The highest BCUT2D eigenvalue weighted by Crippen LogP contribution is 2.40. The van der Waals surface area contributed by atoms with E-state index in [0.717, 1.165) is 56.9 Å². The third kappa shape index (κ3) is 3.81. The molecule has 2 fully saturated rings. The lowest BCUT2D eigenvalue weighted by atomic mass is 9.85. The highest BCUT2D eigenvalue weighted by atomic mass is 35.5. The van der Waals surface area contributed by atoms with E-state index in [4.69, 9.17) is 26.2 Å². The summed E-state index contributed by atoms with van der Waals surface area (Å²) in [7, 11) is 0. The minimum Gasteiger partial charge on any atom is -0.475 e. The van der Waals surface area contributed by atoms with Gasteiger partial charge in [-0.1, -0.05) is 11.6 Å². The molecule has 0 spiro atoms. The zero-order valence-electron chi connectivity index (χ0n) is 17.4. The quantitative estimate of drug-likeness (QED) is 0.747. The number of aromatic nitrogens is 4. The monoisotopic (exact) mass is 433 g/mol. The molecule has 1 aliphatic carbocycles. The standard InChI is InChI=1S/C20H28ClN7O2/c1-12-3-6-30-19-17(24-20-22-11-16(21)18(23-12)25-20)13(2)28(26-19)15-9-14(10-15)27-4-7-29-8-5-27/h11-12,14-15H,3-10H2,1-2H3,(H2,22,23,24,25)/t12-,14?,15?/m1/s1. The third-order valence-corrected chi connectivity index (χ3v) is 6.54. The van der Waals surface area contributed by atoms with Crippen LogP contribution in [0.4, 0.5) is 17.5 Å². The van der Waals surface area contributed by atoms with E-state index in [9.17, 15) is 0 Å². The Labute approximate surface area is 181 Å². The van der Waals surface area contributed by atoms with Crippen molar-refractivity contribution in [3.05, 3.63) is 16.9 Å². The summed E-state index contributed by atoms with van der Waals surface area (Å²) in [6, 6.07) is 1.16. The molecule has 3 aliphatic rings. The van der Waals surface area contributed by atoms with Crippen molar-refractivity contribution < 1.29 is 9.47 Å². The average Bonchev–Trinajstić information content (AvgIpc) is 2.98. The van der Waals surface area contributed by atoms with E-state index in [2.05, 4.69) is 44.0 Å². The molecule has 2 N–H and O–H groups in total. The van der Waals surface area contributed by atoms with Crippen LogP contribution in [0.2, 0.25) is 5.02 Å². The highest BCUT2D eigenvalue weighted by molar-refractivity contribution is 6.32. The number of hydrogen-bond acceptors (Lipinski definition) is 8. The first-order chi connectivity index (χ1) is 14.6. The molecule has 30 heavy (non-hydrogen) atoms. The number of morpholine rings is 1. The molecule has 0 aromatic carbocycles. The second-order valence-corrected chi connectivity index (χ2v) is 8.74. The predicted octanol–water partition coefficient (Wildman–Crippen LogP) is 3.00. The summed E-state index contributed by atoms with van der Waals surface area (Å²) < 4.78 is 13.7. The molecule has 1 saturated heterocycles. The van der Waals surface area contributed by atoms with E-state index in [0.29, 0.717) is 41.4 Å². The van der Waals surface area contributed by atoms with Crippen molar-refractivity contribution in [2.24, 2.45) is 0 Å². The summed E-state index contributed by atoms with van der Waals surface area (Å²) in [6.45, 7) is 8.44. The fraction of sp³-hybridized carbons (Fsp3) is 0.650. The Morgan fingerprint density at radius 3 is 2.77 bits per heavy atom. The number of anilines is 3. The van der Waals surface area contributed by atoms with Crippen molar-refractivity contribution in [1.82, 2.24) is 24.6 Å². The Balaban J connectivity index is 1.38. The molecule has 1 atom stereocenters. The molecule has 2 aromatic rings. The largest absolute Gasteiger partial charge is 0.475 e. The van der Waals surface area contributed by atoms with E-state index in [1.807, 2.05) is 0 Å². The van der Waals surface area contributed by atoms with Crippen molar-refractivity contribution in [2.75, 3.05) is 43.5 Å². The summed E-state index contributed by atoms with van der Waals surface area (Å²) in [5.41, 5.74) is 1.86. The Morgan fingerprint density at radius 2 is 1.97 bits per heavy atom. The lowest BCUT2D eigenvalue weighted by Gasteiger charge is -2.44. The summed E-state index contributed by atoms with van der Waals surface area (Å²) in [6.07, 6.45) is 4.63. The minimum absolute atomic E-state index is 0.163. The van der Waals surface area contributed by atoms with Gasteiger partial charge in [0.1, 0.15) is 10.7 Å². The molecular weight excluding hydrogens is 406 g/mol. The number of nitrogens with zero attached hydrogens (tertiary/aromatic N) is 5. The molecule has 0 amide bonds. The summed E-state index contributed by atoms with van der Waals surface area (Å²) in [5, 5.41) is 12.0. The SMILES string of the molecule is Cc1c2c(nn1C1CC(N3CCOCC3)C1)OCC[C@@H](C)Nc1nc(ncc1Cl)N2. The van der Waals surface area contributed by atoms with Crippen molar-refractivity contribution in [1.29, 1.82) is 0 Å². The Kier molecular flexibility index (Phi) is 5.43. The maximum Gasteiger partial charge on any atom is 0.257 e. The van der Waals surface area contributed by atoms with Crippen LogP contribution in [0.3, 0.4) is 0 Å². The van der Waals surface area contributed by atoms with Gasteiger partial charge in [0.2, 0.25) is 5.95 Å². The molecule has 10 heteroatoms. The second kappa shape index (κ2) is 8.20. The zero-order valence-corrected chi connectivity index (χ0v) is 18.2. The van der Waals surface area contributed by atoms with Gasteiger partial charge in [0, 0.05) is 31.6 Å². The Hall–Kier alpha value is -2.10. The molecule has 0 radical (unpaired) electrons. The molecule has 162 valence electrons. The van der Waals surface area contributed by atoms with E-state index in [1.165, 1.54) is 0 Å². The third-order valence-electron chi connectivity index (χ3n) is 6.27. The van der Waals surface area contributed by atoms with Gasteiger partial charge in [0.15, 0.2) is 5.82 Å².